The van der Waals surface area contributed by atoms with Gasteiger partial charge in [0.05, 0.1) is 11.0 Å². The number of hydrogen-bond acceptors (Lipinski definition) is 3. The minimum atomic E-state index is -0.332. The molecule has 3 aliphatic carbocycles. The summed E-state index contributed by atoms with van der Waals surface area (Å²) in [7, 11) is 0. The minimum Gasteiger partial charge on any atom is -0.344 e. The molecule has 8 aromatic rings. The van der Waals surface area contributed by atoms with Crippen molar-refractivity contribution in [2.75, 3.05) is 0 Å². The second-order valence-corrected chi connectivity index (χ2v) is 19.3. The molecular formula is C65H56N4. The van der Waals surface area contributed by atoms with Crippen LogP contribution in [0.2, 0.25) is 0 Å². The van der Waals surface area contributed by atoms with Gasteiger partial charge >= 0.3 is 0 Å². The van der Waals surface area contributed by atoms with Crippen LogP contribution >= 0.6 is 0 Å². The summed E-state index contributed by atoms with van der Waals surface area (Å²) in [5.74, 6) is 3.04. The maximum atomic E-state index is 5.54. The second kappa shape index (κ2) is 18.3. The average Bonchev–Trinajstić information content (AvgIpc) is 3.74. The molecule has 4 atom stereocenters. The van der Waals surface area contributed by atoms with Crippen LogP contribution in [-0.4, -0.2) is 16.2 Å². The standard InChI is InChI=1S/C65H56N4/c1-43-19-15-17-29-53(43)51-31-35-55(54-30-18-16-20-44(54)2)56(41-51)52-34-38-62(59(42-52)65-67-63(47-25-11-5-12-26-47)66-64(68-65)48-27-13-6-14-28-48)69-60-36-32-49(45-21-7-3-8-22-45)39-57(60)58-40-50(33-37-61(58)69)46-23-9-4-10-24-46/h3-18,21-28,30-33,35-37,39-44,53,63H,19-20,29,34,38H2,1-2H3,(H,66,67,68). The number of hydrogen-bond donors (Lipinski definition) is 1. The van der Waals surface area contributed by atoms with Crippen molar-refractivity contribution in [3.63, 3.8) is 0 Å². The Bertz CT molecular complexity index is 3360. The van der Waals surface area contributed by atoms with Gasteiger partial charge in [-0.3, -0.25) is 0 Å². The molecule has 7 aromatic carbocycles. The topological polar surface area (TPSA) is 41.7 Å². The quantitative estimate of drug-likeness (QED) is 0.144. The Morgan fingerprint density at radius 3 is 1.80 bits per heavy atom. The van der Waals surface area contributed by atoms with Gasteiger partial charge in [0.25, 0.3) is 0 Å². The molecule has 4 heteroatoms. The van der Waals surface area contributed by atoms with E-state index in [1.54, 1.807) is 0 Å². The molecular weight excluding hydrogens is 837 g/mol. The van der Waals surface area contributed by atoms with E-state index >= 15 is 0 Å². The first-order chi connectivity index (χ1) is 34.0. The van der Waals surface area contributed by atoms with E-state index in [9.17, 15) is 0 Å². The lowest BCUT2D eigenvalue weighted by Crippen LogP contribution is -2.35. The predicted molar refractivity (Wildman–Crippen MR) is 291 cm³/mol. The highest BCUT2D eigenvalue weighted by Crippen LogP contribution is 2.45. The first-order valence-corrected chi connectivity index (χ1v) is 24.9. The van der Waals surface area contributed by atoms with Crippen molar-refractivity contribution in [3.8, 4) is 22.3 Å². The van der Waals surface area contributed by atoms with Crippen molar-refractivity contribution >= 4 is 50.3 Å². The molecule has 0 fully saturated rings. The minimum absolute atomic E-state index is 0.332. The molecule has 0 radical (unpaired) electrons. The number of aromatic nitrogens is 1. The van der Waals surface area contributed by atoms with E-state index in [1.165, 1.54) is 77.6 Å². The monoisotopic (exact) mass is 892 g/mol. The Morgan fingerprint density at radius 2 is 1.16 bits per heavy atom. The number of benzene rings is 7. The number of nitrogens with one attached hydrogen (secondary N) is 1. The number of allylic oxidation sites excluding steroid dienone is 8. The molecule has 4 aliphatic rings. The summed E-state index contributed by atoms with van der Waals surface area (Å²) in [6.07, 6.45) is 18.8. The van der Waals surface area contributed by atoms with Gasteiger partial charge in [-0.25, -0.2) is 9.98 Å². The Kier molecular flexibility index (Phi) is 11.3. The van der Waals surface area contributed by atoms with E-state index < -0.39 is 0 Å². The van der Waals surface area contributed by atoms with Gasteiger partial charge in [-0.05, 0) is 136 Å². The van der Waals surface area contributed by atoms with E-state index in [4.69, 9.17) is 9.98 Å². The molecule has 0 saturated heterocycles. The summed E-state index contributed by atoms with van der Waals surface area (Å²) in [6, 6.07) is 64.1. The van der Waals surface area contributed by atoms with Crippen molar-refractivity contribution in [1.29, 1.82) is 0 Å². The Morgan fingerprint density at radius 1 is 0.536 bits per heavy atom. The van der Waals surface area contributed by atoms with Crippen LogP contribution in [0.1, 0.15) is 85.9 Å². The van der Waals surface area contributed by atoms with Gasteiger partial charge in [0.2, 0.25) is 0 Å². The average molecular weight is 893 g/mol. The number of fused-ring (bicyclic) bond motifs is 3. The molecule has 336 valence electrons. The number of aliphatic imine (C=N–C) groups is 2. The van der Waals surface area contributed by atoms with E-state index in [-0.39, 0.29) is 6.17 Å². The zero-order chi connectivity index (χ0) is 46.3. The highest BCUT2D eigenvalue weighted by atomic mass is 15.2. The van der Waals surface area contributed by atoms with Gasteiger partial charge in [-0.15, -0.1) is 0 Å². The number of rotatable bonds is 9. The first-order valence-electron chi connectivity index (χ1n) is 24.9. The summed E-state index contributed by atoms with van der Waals surface area (Å²) in [6.45, 7) is 4.80. The molecule has 69 heavy (non-hydrogen) atoms. The van der Waals surface area contributed by atoms with E-state index in [1.807, 2.05) is 0 Å². The van der Waals surface area contributed by atoms with Gasteiger partial charge < -0.3 is 9.88 Å². The lowest BCUT2D eigenvalue weighted by atomic mass is 9.76. The zero-order valence-electron chi connectivity index (χ0n) is 39.4. The molecule has 4 unspecified atom stereocenters. The normalized spacial score (nSPS) is 20.3. The van der Waals surface area contributed by atoms with Crippen molar-refractivity contribution in [2.24, 2.45) is 21.8 Å². The molecule has 1 aromatic heterocycles. The van der Waals surface area contributed by atoms with Crippen molar-refractivity contribution < 1.29 is 0 Å². The number of nitrogens with zero attached hydrogens (tertiary/aromatic N) is 3. The predicted octanol–water partition coefficient (Wildman–Crippen LogP) is 16.4. The third-order valence-electron chi connectivity index (χ3n) is 15.0. The molecule has 0 saturated carbocycles. The third-order valence-corrected chi connectivity index (χ3v) is 15.0. The summed E-state index contributed by atoms with van der Waals surface area (Å²) in [5, 5.41) is 6.40. The molecule has 2 heterocycles. The highest BCUT2D eigenvalue weighted by molar-refractivity contribution is 6.19. The number of amidine groups is 2. The smallest absolute Gasteiger partial charge is 0.159 e. The molecule has 0 amide bonds. The van der Waals surface area contributed by atoms with Gasteiger partial charge in [-0.2, -0.15) is 0 Å². The van der Waals surface area contributed by atoms with Crippen molar-refractivity contribution in [1.82, 2.24) is 9.88 Å². The van der Waals surface area contributed by atoms with Crippen LogP contribution in [0.3, 0.4) is 0 Å². The Labute approximate surface area is 406 Å². The molecule has 1 aliphatic heterocycles. The SMILES string of the molecule is CC1CC=CC=C1c1ccc(C2CC=CCC2C)cc1C1=CC(C2=NC(c3ccccc3)=NC(c3ccccc3)N2)=C(n2c3ccc(-c4ccccc4)cc3c3cc(-c4ccccc4)ccc32)CC1. The van der Waals surface area contributed by atoms with E-state index in [0.29, 0.717) is 17.8 Å². The largest absolute Gasteiger partial charge is 0.344 e. The molecule has 0 bridgehead atoms. The lowest BCUT2D eigenvalue weighted by Gasteiger charge is -2.31. The van der Waals surface area contributed by atoms with Crippen LogP contribution in [0.15, 0.2) is 228 Å². The maximum Gasteiger partial charge on any atom is 0.159 e. The van der Waals surface area contributed by atoms with Crippen LogP contribution in [0.4, 0.5) is 0 Å². The molecule has 12 rings (SSSR count). The van der Waals surface area contributed by atoms with Gasteiger partial charge in [0.15, 0.2) is 5.84 Å². The fourth-order valence-corrected chi connectivity index (χ4v) is 11.2. The molecule has 1 N–H and O–H groups in total. The van der Waals surface area contributed by atoms with Crippen LogP contribution in [0, 0.1) is 11.8 Å². The van der Waals surface area contributed by atoms with Gasteiger partial charge in [0, 0.05) is 27.6 Å². The highest BCUT2D eigenvalue weighted by Gasteiger charge is 2.30. The van der Waals surface area contributed by atoms with Crippen molar-refractivity contribution in [3.05, 3.63) is 246 Å². The maximum absolute atomic E-state index is 5.54. The third kappa shape index (κ3) is 8.14. The molecule has 4 nitrogen and oxygen atoms in total. The Balaban J connectivity index is 1.13. The van der Waals surface area contributed by atoms with Crippen LogP contribution in [-0.2, 0) is 0 Å². The van der Waals surface area contributed by atoms with Crippen LogP contribution in [0.5, 0.6) is 0 Å². The van der Waals surface area contributed by atoms with Gasteiger partial charge in [0.1, 0.15) is 12.0 Å². The Hall–Kier alpha value is -7.82. The van der Waals surface area contributed by atoms with Crippen LogP contribution in [0.25, 0.3) is 60.9 Å². The lowest BCUT2D eigenvalue weighted by molar-refractivity contribution is 0.449. The second-order valence-electron chi connectivity index (χ2n) is 19.3. The van der Waals surface area contributed by atoms with Gasteiger partial charge in [-0.1, -0.05) is 196 Å². The van der Waals surface area contributed by atoms with Crippen LogP contribution < -0.4 is 5.32 Å². The first kappa shape index (κ1) is 42.5. The summed E-state index contributed by atoms with van der Waals surface area (Å²) in [4.78, 5) is 10.9. The fourth-order valence-electron chi connectivity index (χ4n) is 11.2. The zero-order valence-corrected chi connectivity index (χ0v) is 39.4. The fraction of sp³-hybridized carbons (Fsp3) is 0.169. The molecule has 0 spiro atoms. The van der Waals surface area contributed by atoms with Crippen molar-refractivity contribution in [2.45, 2.75) is 58.0 Å². The summed E-state index contributed by atoms with van der Waals surface area (Å²) in [5.41, 5.74) is 18.5. The summed E-state index contributed by atoms with van der Waals surface area (Å²) < 4.78 is 2.55. The van der Waals surface area contributed by atoms with E-state index in [2.05, 4.69) is 236 Å². The summed E-state index contributed by atoms with van der Waals surface area (Å²) >= 11 is 0. The van der Waals surface area contributed by atoms with E-state index in [0.717, 1.165) is 60.5 Å².